The van der Waals surface area contributed by atoms with Crippen molar-refractivity contribution in [2.24, 2.45) is 0 Å². The molecular weight excluding hydrogens is 286 g/mol. The summed E-state index contributed by atoms with van der Waals surface area (Å²) in [5, 5.41) is 3.78. The molecule has 1 N–H and O–H groups in total. The highest BCUT2D eigenvalue weighted by Crippen LogP contribution is 2.17. The van der Waals surface area contributed by atoms with Gasteiger partial charge in [-0.3, -0.25) is 4.79 Å². The monoisotopic (exact) mass is 301 g/mol. The molecule has 4 heteroatoms. The number of carbonyl (C=O) groups excluding carboxylic acids is 1. The minimum absolute atomic E-state index is 0.0651. The predicted octanol–water partition coefficient (Wildman–Crippen LogP) is 4.55. The van der Waals surface area contributed by atoms with Crippen molar-refractivity contribution in [2.45, 2.75) is 6.92 Å². The Bertz CT molecular complexity index is 663. The average molecular weight is 302 g/mol. The third-order valence-corrected chi connectivity index (χ3v) is 3.12. The second kappa shape index (κ2) is 6.95. The first-order valence-corrected chi connectivity index (χ1v) is 6.85. The van der Waals surface area contributed by atoms with Crippen LogP contribution in [0.2, 0.25) is 5.02 Å². The van der Waals surface area contributed by atoms with Crippen LogP contribution in [0.5, 0.6) is 5.75 Å². The summed E-state index contributed by atoms with van der Waals surface area (Å²) in [5.41, 5.74) is 2.21. The molecule has 2 aromatic carbocycles. The van der Waals surface area contributed by atoms with Crippen LogP contribution < -0.4 is 10.1 Å². The molecule has 0 amide bonds. The Morgan fingerprint density at radius 1 is 1.19 bits per heavy atom. The lowest BCUT2D eigenvalue weighted by atomic mass is 10.1. The molecule has 0 radical (unpaired) electrons. The first-order chi connectivity index (χ1) is 10.1. The van der Waals surface area contributed by atoms with Gasteiger partial charge in [-0.2, -0.15) is 0 Å². The first kappa shape index (κ1) is 15.1. The van der Waals surface area contributed by atoms with Gasteiger partial charge in [0.15, 0.2) is 5.78 Å². The lowest BCUT2D eigenvalue weighted by Crippen LogP contribution is -2.01. The van der Waals surface area contributed by atoms with Crippen LogP contribution in [0.1, 0.15) is 17.3 Å². The lowest BCUT2D eigenvalue weighted by molar-refractivity contribution is 0.104. The molecule has 108 valence electrons. The predicted molar refractivity (Wildman–Crippen MR) is 86.2 cm³/mol. The van der Waals surface area contributed by atoms with Gasteiger partial charge in [0.05, 0.1) is 7.11 Å². The Balaban J connectivity index is 2.08. The van der Waals surface area contributed by atoms with Crippen molar-refractivity contribution in [3.63, 3.8) is 0 Å². The zero-order chi connectivity index (χ0) is 15.2. The molecule has 0 aliphatic carbocycles. The van der Waals surface area contributed by atoms with Crippen LogP contribution in [-0.2, 0) is 0 Å². The van der Waals surface area contributed by atoms with Crippen molar-refractivity contribution in [2.75, 3.05) is 12.4 Å². The molecule has 0 aromatic heterocycles. The van der Waals surface area contributed by atoms with Crippen molar-refractivity contribution in [3.8, 4) is 5.75 Å². The van der Waals surface area contributed by atoms with E-state index in [1.165, 1.54) is 0 Å². The quantitative estimate of drug-likeness (QED) is 0.650. The summed E-state index contributed by atoms with van der Waals surface area (Å²) in [6, 6.07) is 14.4. The van der Waals surface area contributed by atoms with E-state index in [-0.39, 0.29) is 5.78 Å². The molecule has 0 spiro atoms. The molecule has 0 unspecified atom stereocenters. The van der Waals surface area contributed by atoms with Crippen LogP contribution in [0.15, 0.2) is 60.3 Å². The maximum atomic E-state index is 12.1. The van der Waals surface area contributed by atoms with E-state index in [9.17, 15) is 4.79 Å². The van der Waals surface area contributed by atoms with E-state index < -0.39 is 0 Å². The summed E-state index contributed by atoms with van der Waals surface area (Å²) in [5.74, 6) is 0.661. The van der Waals surface area contributed by atoms with Gasteiger partial charge in [-0.15, -0.1) is 0 Å². The largest absolute Gasteiger partial charge is 0.497 e. The van der Waals surface area contributed by atoms with E-state index in [1.54, 1.807) is 49.6 Å². The van der Waals surface area contributed by atoms with E-state index in [1.807, 2.05) is 19.1 Å². The SMILES string of the molecule is COc1ccc(C(=O)C=C(C)Nc2cccc(Cl)c2)cc1. The molecule has 0 aliphatic heterocycles. The number of methoxy groups -OCH3 is 1. The smallest absolute Gasteiger partial charge is 0.187 e. The molecule has 0 saturated carbocycles. The van der Waals surface area contributed by atoms with Crippen LogP contribution in [0, 0.1) is 0 Å². The number of hydrogen-bond donors (Lipinski definition) is 1. The van der Waals surface area contributed by atoms with Gasteiger partial charge in [0, 0.05) is 28.0 Å². The third kappa shape index (κ3) is 4.36. The van der Waals surface area contributed by atoms with E-state index in [4.69, 9.17) is 16.3 Å². The van der Waals surface area contributed by atoms with Crippen molar-refractivity contribution >= 4 is 23.1 Å². The molecular formula is C17H16ClNO2. The fraction of sp³-hybridized carbons (Fsp3) is 0.118. The number of ketones is 1. The normalized spacial score (nSPS) is 11.1. The standard InChI is InChI=1S/C17H16ClNO2/c1-12(19-15-5-3-4-14(18)11-15)10-17(20)13-6-8-16(21-2)9-7-13/h3-11,19H,1-2H3. The zero-order valence-corrected chi connectivity index (χ0v) is 12.6. The van der Waals surface area contributed by atoms with Crippen LogP contribution in [0.4, 0.5) is 5.69 Å². The topological polar surface area (TPSA) is 38.3 Å². The van der Waals surface area contributed by atoms with E-state index >= 15 is 0 Å². The van der Waals surface area contributed by atoms with Crippen molar-refractivity contribution in [3.05, 3.63) is 70.9 Å². The molecule has 3 nitrogen and oxygen atoms in total. The molecule has 0 aliphatic rings. The van der Waals surface area contributed by atoms with Gasteiger partial charge >= 0.3 is 0 Å². The van der Waals surface area contributed by atoms with Crippen LogP contribution >= 0.6 is 11.6 Å². The fourth-order valence-corrected chi connectivity index (χ4v) is 2.06. The molecule has 2 aromatic rings. The zero-order valence-electron chi connectivity index (χ0n) is 11.9. The number of allylic oxidation sites excluding steroid dienone is 2. The Morgan fingerprint density at radius 3 is 2.52 bits per heavy atom. The number of ether oxygens (including phenoxy) is 1. The molecule has 21 heavy (non-hydrogen) atoms. The number of nitrogens with one attached hydrogen (secondary N) is 1. The van der Waals surface area contributed by atoms with E-state index in [2.05, 4.69) is 5.32 Å². The minimum atomic E-state index is -0.0651. The van der Waals surface area contributed by atoms with Gasteiger partial charge in [0.2, 0.25) is 0 Å². The highest BCUT2D eigenvalue weighted by atomic mass is 35.5. The lowest BCUT2D eigenvalue weighted by Gasteiger charge is -2.07. The number of halogens is 1. The van der Waals surface area contributed by atoms with Gasteiger partial charge < -0.3 is 10.1 Å². The minimum Gasteiger partial charge on any atom is -0.497 e. The molecule has 0 fully saturated rings. The number of hydrogen-bond acceptors (Lipinski definition) is 3. The maximum absolute atomic E-state index is 12.1. The maximum Gasteiger partial charge on any atom is 0.187 e. The second-order valence-corrected chi connectivity index (χ2v) is 4.99. The highest BCUT2D eigenvalue weighted by molar-refractivity contribution is 6.30. The Labute approximate surface area is 129 Å². The number of anilines is 1. The molecule has 2 rings (SSSR count). The van der Waals surface area contributed by atoms with Gasteiger partial charge in [-0.05, 0) is 49.4 Å². The summed E-state index contributed by atoms with van der Waals surface area (Å²) in [6.07, 6.45) is 1.56. The second-order valence-electron chi connectivity index (χ2n) is 4.56. The fourth-order valence-electron chi connectivity index (χ4n) is 1.87. The Hall–Kier alpha value is -2.26. The molecule has 0 atom stereocenters. The van der Waals surface area contributed by atoms with Crippen molar-refractivity contribution < 1.29 is 9.53 Å². The summed E-state index contributed by atoms with van der Waals surface area (Å²) in [7, 11) is 1.59. The summed E-state index contributed by atoms with van der Waals surface area (Å²) >= 11 is 5.92. The van der Waals surface area contributed by atoms with Crippen LogP contribution in [0.3, 0.4) is 0 Å². The Kier molecular flexibility index (Phi) is 5.01. The first-order valence-electron chi connectivity index (χ1n) is 6.48. The van der Waals surface area contributed by atoms with Crippen molar-refractivity contribution in [1.82, 2.24) is 0 Å². The van der Waals surface area contributed by atoms with Gasteiger partial charge in [-0.25, -0.2) is 0 Å². The molecule has 0 heterocycles. The average Bonchev–Trinajstić information content (AvgIpc) is 2.47. The number of benzene rings is 2. The van der Waals surface area contributed by atoms with Crippen LogP contribution in [0.25, 0.3) is 0 Å². The summed E-state index contributed by atoms with van der Waals surface area (Å²) in [6.45, 7) is 1.84. The number of rotatable bonds is 5. The van der Waals surface area contributed by atoms with Crippen molar-refractivity contribution in [1.29, 1.82) is 0 Å². The molecule has 0 bridgehead atoms. The third-order valence-electron chi connectivity index (χ3n) is 2.89. The van der Waals surface area contributed by atoms with E-state index in [0.717, 1.165) is 17.1 Å². The van der Waals surface area contributed by atoms with Gasteiger partial charge in [0.1, 0.15) is 5.75 Å². The Morgan fingerprint density at radius 2 is 1.90 bits per heavy atom. The summed E-state index contributed by atoms with van der Waals surface area (Å²) in [4.78, 5) is 12.1. The molecule has 0 saturated heterocycles. The van der Waals surface area contributed by atoms with Gasteiger partial charge in [-0.1, -0.05) is 17.7 Å². The highest BCUT2D eigenvalue weighted by Gasteiger charge is 2.04. The summed E-state index contributed by atoms with van der Waals surface area (Å²) < 4.78 is 5.07. The van der Waals surface area contributed by atoms with Crippen LogP contribution in [-0.4, -0.2) is 12.9 Å². The van der Waals surface area contributed by atoms with E-state index in [0.29, 0.717) is 10.6 Å². The number of carbonyl (C=O) groups is 1. The van der Waals surface area contributed by atoms with Gasteiger partial charge in [0.25, 0.3) is 0 Å².